The van der Waals surface area contributed by atoms with Crippen molar-refractivity contribution in [1.82, 2.24) is 0 Å². The number of ether oxygens (including phenoxy) is 1. The molecule has 104 valence electrons. The molecule has 0 bridgehead atoms. The van der Waals surface area contributed by atoms with Crippen molar-refractivity contribution in [3.05, 3.63) is 72.8 Å². The topological polar surface area (TPSA) is 61.3 Å². The lowest BCUT2D eigenvalue weighted by atomic mass is 10.1. The van der Waals surface area contributed by atoms with Crippen LogP contribution in [0.2, 0.25) is 0 Å². The van der Waals surface area contributed by atoms with Crippen LogP contribution in [0.5, 0.6) is 11.5 Å². The van der Waals surface area contributed by atoms with Crippen molar-refractivity contribution in [2.45, 2.75) is 0 Å². The van der Waals surface area contributed by atoms with Crippen LogP contribution in [-0.2, 0) is 0 Å². The molecule has 0 saturated heterocycles. The van der Waals surface area contributed by atoms with Crippen LogP contribution in [0.15, 0.2) is 72.8 Å². The Balaban J connectivity index is 1.86. The van der Waals surface area contributed by atoms with E-state index in [1.807, 2.05) is 72.8 Å². The zero-order valence-corrected chi connectivity index (χ0v) is 11.5. The van der Waals surface area contributed by atoms with Crippen molar-refractivity contribution in [2.75, 3.05) is 11.5 Å². The maximum absolute atomic E-state index is 5.84. The third kappa shape index (κ3) is 3.15. The third-order valence-corrected chi connectivity index (χ3v) is 3.19. The lowest BCUT2D eigenvalue weighted by Gasteiger charge is -2.08. The lowest BCUT2D eigenvalue weighted by Crippen LogP contribution is -1.88. The Labute approximate surface area is 123 Å². The number of rotatable bonds is 3. The average molecular weight is 276 g/mol. The molecule has 0 aliphatic heterocycles. The van der Waals surface area contributed by atoms with Crippen molar-refractivity contribution in [1.29, 1.82) is 0 Å². The van der Waals surface area contributed by atoms with Gasteiger partial charge in [-0.25, -0.2) is 0 Å². The van der Waals surface area contributed by atoms with Gasteiger partial charge in [0.1, 0.15) is 11.5 Å². The van der Waals surface area contributed by atoms with Gasteiger partial charge in [-0.15, -0.1) is 0 Å². The first kappa shape index (κ1) is 13.1. The van der Waals surface area contributed by atoms with E-state index >= 15 is 0 Å². The Morgan fingerprint density at radius 2 is 1.19 bits per heavy atom. The summed E-state index contributed by atoms with van der Waals surface area (Å²) < 4.78 is 5.84. The molecule has 3 aromatic rings. The highest BCUT2D eigenvalue weighted by Gasteiger charge is 2.01. The van der Waals surface area contributed by atoms with E-state index in [1.54, 1.807) is 0 Å². The average Bonchev–Trinajstić information content (AvgIpc) is 2.51. The highest BCUT2D eigenvalue weighted by atomic mass is 16.5. The van der Waals surface area contributed by atoms with Crippen molar-refractivity contribution in [3.8, 4) is 22.6 Å². The van der Waals surface area contributed by atoms with Gasteiger partial charge in [0.15, 0.2) is 0 Å². The Morgan fingerprint density at radius 3 is 1.86 bits per heavy atom. The summed E-state index contributed by atoms with van der Waals surface area (Å²) in [6.45, 7) is 0. The van der Waals surface area contributed by atoms with Crippen LogP contribution >= 0.6 is 0 Å². The van der Waals surface area contributed by atoms with Crippen molar-refractivity contribution >= 4 is 11.4 Å². The Bertz CT molecular complexity index is 734. The van der Waals surface area contributed by atoms with Gasteiger partial charge in [-0.05, 0) is 59.7 Å². The van der Waals surface area contributed by atoms with E-state index in [0.717, 1.165) is 34.0 Å². The molecule has 0 fully saturated rings. The minimum atomic E-state index is 0.720. The van der Waals surface area contributed by atoms with E-state index in [0.29, 0.717) is 0 Å². The van der Waals surface area contributed by atoms with Gasteiger partial charge in [-0.2, -0.15) is 0 Å². The van der Waals surface area contributed by atoms with Gasteiger partial charge < -0.3 is 16.2 Å². The predicted molar refractivity (Wildman–Crippen MR) is 87.2 cm³/mol. The molecule has 0 unspecified atom stereocenters. The first-order valence-electron chi connectivity index (χ1n) is 6.70. The molecule has 3 aromatic carbocycles. The van der Waals surface area contributed by atoms with Crippen molar-refractivity contribution in [2.24, 2.45) is 0 Å². The Hall–Kier alpha value is -2.94. The number of nitrogens with two attached hydrogens (primary N) is 2. The molecule has 3 heteroatoms. The second-order valence-corrected chi connectivity index (χ2v) is 4.82. The van der Waals surface area contributed by atoms with Gasteiger partial charge in [0, 0.05) is 11.4 Å². The van der Waals surface area contributed by atoms with Crippen LogP contribution in [0.25, 0.3) is 11.1 Å². The summed E-state index contributed by atoms with van der Waals surface area (Å²) in [5.41, 5.74) is 15.0. The van der Waals surface area contributed by atoms with Crippen LogP contribution in [0.4, 0.5) is 11.4 Å². The van der Waals surface area contributed by atoms with Crippen LogP contribution in [0.1, 0.15) is 0 Å². The molecule has 21 heavy (non-hydrogen) atoms. The summed E-state index contributed by atoms with van der Waals surface area (Å²) >= 11 is 0. The van der Waals surface area contributed by atoms with Crippen molar-refractivity contribution in [3.63, 3.8) is 0 Å². The predicted octanol–water partition coefficient (Wildman–Crippen LogP) is 4.31. The molecule has 3 rings (SSSR count). The maximum Gasteiger partial charge on any atom is 0.128 e. The molecule has 0 aromatic heterocycles. The van der Waals surface area contributed by atoms with E-state index in [2.05, 4.69) is 0 Å². The normalized spacial score (nSPS) is 10.3. The van der Waals surface area contributed by atoms with E-state index < -0.39 is 0 Å². The van der Waals surface area contributed by atoms with Gasteiger partial charge in [-0.1, -0.05) is 24.3 Å². The standard InChI is InChI=1S/C18H16N2O/c19-15-6-4-13(5-7-15)14-2-1-3-18(12-14)21-17-10-8-16(20)9-11-17/h1-12H,19-20H2. The zero-order valence-electron chi connectivity index (χ0n) is 11.5. The molecular formula is C18H16N2O. The number of hydrogen-bond donors (Lipinski definition) is 2. The summed E-state index contributed by atoms with van der Waals surface area (Å²) in [5, 5.41) is 0. The summed E-state index contributed by atoms with van der Waals surface area (Å²) in [6, 6.07) is 23.1. The second kappa shape index (κ2) is 5.59. The van der Waals surface area contributed by atoms with Crippen LogP contribution in [0, 0.1) is 0 Å². The van der Waals surface area contributed by atoms with Crippen LogP contribution in [0.3, 0.4) is 0 Å². The van der Waals surface area contributed by atoms with E-state index in [1.165, 1.54) is 0 Å². The Morgan fingerprint density at radius 1 is 0.571 bits per heavy atom. The van der Waals surface area contributed by atoms with Crippen LogP contribution in [-0.4, -0.2) is 0 Å². The number of benzene rings is 3. The molecule has 0 spiro atoms. The highest BCUT2D eigenvalue weighted by Crippen LogP contribution is 2.28. The fourth-order valence-electron chi connectivity index (χ4n) is 2.09. The first-order valence-corrected chi connectivity index (χ1v) is 6.70. The van der Waals surface area contributed by atoms with Gasteiger partial charge in [-0.3, -0.25) is 0 Å². The lowest BCUT2D eigenvalue weighted by molar-refractivity contribution is 0.483. The van der Waals surface area contributed by atoms with E-state index in [-0.39, 0.29) is 0 Å². The highest BCUT2D eigenvalue weighted by molar-refractivity contribution is 5.67. The zero-order chi connectivity index (χ0) is 14.7. The SMILES string of the molecule is Nc1ccc(Oc2cccc(-c3ccc(N)cc3)c2)cc1. The minimum Gasteiger partial charge on any atom is -0.457 e. The summed E-state index contributed by atoms with van der Waals surface area (Å²) in [4.78, 5) is 0. The smallest absolute Gasteiger partial charge is 0.128 e. The van der Waals surface area contributed by atoms with E-state index in [4.69, 9.17) is 16.2 Å². The summed E-state index contributed by atoms with van der Waals surface area (Å²) in [6.07, 6.45) is 0. The molecule has 0 saturated carbocycles. The minimum absolute atomic E-state index is 0.720. The van der Waals surface area contributed by atoms with E-state index in [9.17, 15) is 0 Å². The largest absolute Gasteiger partial charge is 0.457 e. The monoisotopic (exact) mass is 276 g/mol. The molecule has 0 atom stereocenters. The number of anilines is 2. The second-order valence-electron chi connectivity index (χ2n) is 4.82. The number of nitrogen functional groups attached to an aromatic ring is 2. The first-order chi connectivity index (χ1) is 10.2. The Kier molecular flexibility index (Phi) is 3.48. The van der Waals surface area contributed by atoms with Crippen LogP contribution < -0.4 is 16.2 Å². The summed E-state index contributed by atoms with van der Waals surface area (Å²) in [7, 11) is 0. The van der Waals surface area contributed by atoms with Gasteiger partial charge in [0.05, 0.1) is 0 Å². The summed E-state index contributed by atoms with van der Waals surface area (Å²) in [5.74, 6) is 1.55. The van der Waals surface area contributed by atoms with Gasteiger partial charge in [0.2, 0.25) is 0 Å². The molecule has 0 aliphatic carbocycles. The molecule has 0 heterocycles. The molecular weight excluding hydrogens is 260 g/mol. The van der Waals surface area contributed by atoms with Gasteiger partial charge in [0.25, 0.3) is 0 Å². The molecule has 0 amide bonds. The maximum atomic E-state index is 5.84. The fraction of sp³-hybridized carbons (Fsp3) is 0. The quantitative estimate of drug-likeness (QED) is 0.701. The van der Waals surface area contributed by atoms with Crippen molar-refractivity contribution < 1.29 is 4.74 Å². The molecule has 4 N–H and O–H groups in total. The number of hydrogen-bond acceptors (Lipinski definition) is 3. The molecule has 3 nitrogen and oxygen atoms in total. The molecule has 0 radical (unpaired) electrons. The van der Waals surface area contributed by atoms with Gasteiger partial charge >= 0.3 is 0 Å². The fourth-order valence-corrected chi connectivity index (χ4v) is 2.09. The molecule has 0 aliphatic rings. The third-order valence-electron chi connectivity index (χ3n) is 3.19.